The molecule has 0 spiro atoms. The van der Waals surface area contributed by atoms with Gasteiger partial charge in [0.05, 0.1) is 22.1 Å². The summed E-state index contributed by atoms with van der Waals surface area (Å²) in [5.74, 6) is -1.58. The highest BCUT2D eigenvalue weighted by molar-refractivity contribution is 6.36. The number of carbonyl (C=O) groups excluding carboxylic acids is 1. The van der Waals surface area contributed by atoms with Crippen molar-refractivity contribution in [2.45, 2.75) is 0 Å². The minimum atomic E-state index is -0.860. The fraction of sp³-hybridized carbons (Fsp3) is 0. The van der Waals surface area contributed by atoms with E-state index >= 15 is 0 Å². The summed E-state index contributed by atoms with van der Waals surface area (Å²) < 4.78 is 28.3. The van der Waals surface area contributed by atoms with Crippen molar-refractivity contribution in [1.82, 2.24) is 9.78 Å². The maximum atomic E-state index is 13.7. The van der Waals surface area contributed by atoms with Crippen LogP contribution < -0.4 is 10.6 Å². The van der Waals surface area contributed by atoms with E-state index in [0.29, 0.717) is 27.5 Å². The Labute approximate surface area is 186 Å². The molecule has 1 heterocycles. The Morgan fingerprint density at radius 2 is 1.68 bits per heavy atom. The van der Waals surface area contributed by atoms with Crippen LogP contribution in [-0.4, -0.2) is 15.8 Å². The fourth-order valence-electron chi connectivity index (χ4n) is 2.88. The fourth-order valence-corrected chi connectivity index (χ4v) is 3.39. The van der Waals surface area contributed by atoms with E-state index in [1.54, 1.807) is 53.3 Å². The number of nitrogens with zero attached hydrogens (tertiary/aromatic N) is 2. The molecule has 5 nitrogen and oxygen atoms in total. The summed E-state index contributed by atoms with van der Waals surface area (Å²) in [4.78, 5) is 12.1. The zero-order valence-corrected chi connectivity index (χ0v) is 17.3. The standard InChI is InChI=1S/C22H14Cl2F2N4O/c23-13-1-7-17(18(24)11-13)20-9-10-30(29-20)16-5-3-15(4-6-16)27-22(31)28-21-8-2-14(25)12-19(21)26/h1-12H,(H2,27,28,31). The molecular weight excluding hydrogens is 445 g/mol. The Balaban J connectivity index is 1.45. The average Bonchev–Trinajstić information content (AvgIpc) is 3.20. The lowest BCUT2D eigenvalue weighted by molar-refractivity contribution is 0.262. The molecule has 0 saturated carbocycles. The van der Waals surface area contributed by atoms with E-state index in [2.05, 4.69) is 15.7 Å². The Hall–Kier alpha value is -3.42. The molecule has 0 unspecified atom stereocenters. The normalized spacial score (nSPS) is 10.7. The number of hydrogen-bond acceptors (Lipinski definition) is 2. The molecule has 2 amide bonds. The predicted octanol–water partition coefficient (Wildman–Crippen LogP) is 6.77. The van der Waals surface area contributed by atoms with Crippen molar-refractivity contribution in [1.29, 1.82) is 0 Å². The lowest BCUT2D eigenvalue weighted by Gasteiger charge is -2.09. The number of nitrogens with one attached hydrogen (secondary N) is 2. The van der Waals surface area contributed by atoms with Crippen molar-refractivity contribution >= 4 is 40.6 Å². The Morgan fingerprint density at radius 3 is 2.39 bits per heavy atom. The molecule has 4 aromatic rings. The summed E-state index contributed by atoms with van der Waals surface area (Å²) in [6, 6.07) is 16.1. The lowest BCUT2D eigenvalue weighted by atomic mass is 10.1. The van der Waals surface area contributed by atoms with Crippen LogP contribution in [0, 0.1) is 11.6 Å². The first kappa shape index (κ1) is 20.8. The first-order chi connectivity index (χ1) is 14.9. The van der Waals surface area contributed by atoms with Gasteiger partial charge in [0.25, 0.3) is 0 Å². The topological polar surface area (TPSA) is 59.0 Å². The van der Waals surface area contributed by atoms with Crippen LogP contribution >= 0.6 is 23.2 Å². The van der Waals surface area contributed by atoms with Crippen LogP contribution in [0.1, 0.15) is 0 Å². The van der Waals surface area contributed by atoms with Crippen molar-refractivity contribution in [3.63, 3.8) is 0 Å². The first-order valence-corrected chi connectivity index (χ1v) is 9.79. The van der Waals surface area contributed by atoms with E-state index in [4.69, 9.17) is 23.2 Å². The Kier molecular flexibility index (Phi) is 5.88. The molecule has 0 aliphatic heterocycles. The highest BCUT2D eigenvalue weighted by Crippen LogP contribution is 2.29. The van der Waals surface area contributed by atoms with Gasteiger partial charge in [-0.1, -0.05) is 23.2 Å². The van der Waals surface area contributed by atoms with Gasteiger partial charge < -0.3 is 10.6 Å². The zero-order chi connectivity index (χ0) is 22.0. The van der Waals surface area contributed by atoms with Gasteiger partial charge in [-0.15, -0.1) is 0 Å². The van der Waals surface area contributed by atoms with Gasteiger partial charge in [0.15, 0.2) is 0 Å². The quantitative estimate of drug-likeness (QED) is 0.354. The number of rotatable bonds is 4. The van der Waals surface area contributed by atoms with E-state index in [0.717, 1.165) is 23.4 Å². The number of anilines is 2. The van der Waals surface area contributed by atoms with Gasteiger partial charge in [0.1, 0.15) is 11.6 Å². The molecule has 156 valence electrons. The molecule has 0 bridgehead atoms. The van der Waals surface area contributed by atoms with Gasteiger partial charge in [-0.3, -0.25) is 0 Å². The van der Waals surface area contributed by atoms with Crippen LogP contribution in [0.4, 0.5) is 25.0 Å². The van der Waals surface area contributed by atoms with Crippen LogP contribution in [-0.2, 0) is 0 Å². The summed E-state index contributed by atoms with van der Waals surface area (Å²) in [6.07, 6.45) is 1.78. The third-order valence-corrected chi connectivity index (χ3v) is 4.91. The Morgan fingerprint density at radius 1 is 0.903 bits per heavy atom. The number of aromatic nitrogens is 2. The molecule has 1 aromatic heterocycles. The monoisotopic (exact) mass is 458 g/mol. The van der Waals surface area contributed by atoms with Crippen LogP contribution in [0.3, 0.4) is 0 Å². The minimum Gasteiger partial charge on any atom is -0.308 e. The molecule has 4 rings (SSSR count). The first-order valence-electron chi connectivity index (χ1n) is 9.03. The number of halogens is 4. The third-order valence-electron chi connectivity index (χ3n) is 4.37. The second-order valence-corrected chi connectivity index (χ2v) is 7.36. The van der Waals surface area contributed by atoms with Crippen LogP contribution in [0.2, 0.25) is 10.0 Å². The highest BCUT2D eigenvalue weighted by atomic mass is 35.5. The zero-order valence-electron chi connectivity index (χ0n) is 15.7. The van der Waals surface area contributed by atoms with Crippen molar-refractivity contribution < 1.29 is 13.6 Å². The van der Waals surface area contributed by atoms with Gasteiger partial charge in [0.2, 0.25) is 0 Å². The average molecular weight is 459 g/mol. The second-order valence-electron chi connectivity index (χ2n) is 6.52. The van der Waals surface area contributed by atoms with Gasteiger partial charge in [-0.05, 0) is 60.7 Å². The molecular formula is C22H14Cl2F2N4O. The van der Waals surface area contributed by atoms with Crippen LogP contribution in [0.5, 0.6) is 0 Å². The number of hydrogen-bond donors (Lipinski definition) is 2. The number of benzene rings is 3. The van der Waals surface area contributed by atoms with Crippen molar-refractivity contribution in [3.05, 3.63) is 94.6 Å². The summed E-state index contributed by atoms with van der Waals surface area (Å²) in [7, 11) is 0. The second kappa shape index (κ2) is 8.75. The van der Waals surface area contributed by atoms with Crippen LogP contribution in [0.15, 0.2) is 72.9 Å². The summed E-state index contributed by atoms with van der Waals surface area (Å²) >= 11 is 12.2. The molecule has 3 aromatic carbocycles. The number of carbonyl (C=O) groups is 1. The lowest BCUT2D eigenvalue weighted by Crippen LogP contribution is -2.20. The van der Waals surface area contributed by atoms with Crippen LogP contribution in [0.25, 0.3) is 16.9 Å². The predicted molar refractivity (Wildman–Crippen MR) is 118 cm³/mol. The summed E-state index contributed by atoms with van der Waals surface area (Å²) in [5, 5.41) is 10.5. The van der Waals surface area contributed by atoms with E-state index in [9.17, 15) is 13.6 Å². The van der Waals surface area contributed by atoms with Crippen molar-refractivity contribution in [2.75, 3.05) is 10.6 Å². The van der Waals surface area contributed by atoms with E-state index < -0.39 is 17.7 Å². The van der Waals surface area contributed by atoms with Gasteiger partial charge >= 0.3 is 6.03 Å². The molecule has 31 heavy (non-hydrogen) atoms. The van der Waals surface area contributed by atoms with Gasteiger partial charge in [-0.25, -0.2) is 18.3 Å². The van der Waals surface area contributed by atoms with Gasteiger partial charge in [-0.2, -0.15) is 5.10 Å². The highest BCUT2D eigenvalue weighted by Gasteiger charge is 2.10. The molecule has 9 heteroatoms. The maximum Gasteiger partial charge on any atom is 0.323 e. The van der Waals surface area contributed by atoms with Crippen molar-refractivity contribution in [3.8, 4) is 16.9 Å². The molecule has 0 saturated heterocycles. The minimum absolute atomic E-state index is 0.125. The summed E-state index contributed by atoms with van der Waals surface area (Å²) in [5.41, 5.74) is 2.56. The molecule has 0 aliphatic rings. The molecule has 0 fully saturated rings. The van der Waals surface area contributed by atoms with Gasteiger partial charge in [0, 0.05) is 28.5 Å². The van der Waals surface area contributed by atoms with E-state index in [-0.39, 0.29) is 5.69 Å². The number of urea groups is 1. The van der Waals surface area contributed by atoms with E-state index in [1.807, 2.05) is 6.07 Å². The third kappa shape index (κ3) is 4.84. The van der Waals surface area contributed by atoms with E-state index in [1.165, 1.54) is 0 Å². The van der Waals surface area contributed by atoms with Crippen molar-refractivity contribution in [2.24, 2.45) is 0 Å². The Bertz CT molecular complexity index is 1260. The smallest absolute Gasteiger partial charge is 0.308 e. The maximum absolute atomic E-state index is 13.7. The molecule has 2 N–H and O–H groups in total. The SMILES string of the molecule is O=C(Nc1ccc(-n2ccc(-c3ccc(Cl)cc3Cl)n2)cc1)Nc1ccc(F)cc1F. The largest absolute Gasteiger partial charge is 0.323 e. The summed E-state index contributed by atoms with van der Waals surface area (Å²) in [6.45, 7) is 0. The molecule has 0 atom stereocenters. The molecule has 0 aliphatic carbocycles. The number of amides is 2. The molecule has 0 radical (unpaired) electrons.